The Bertz CT molecular complexity index is 823. The molecule has 4 rings (SSSR count). The van der Waals surface area contributed by atoms with Gasteiger partial charge in [-0.15, -0.1) is 0 Å². The Balaban J connectivity index is 1.75. The Labute approximate surface area is 131 Å². The summed E-state index contributed by atoms with van der Waals surface area (Å²) in [7, 11) is 0. The van der Waals surface area contributed by atoms with Gasteiger partial charge in [-0.2, -0.15) is 0 Å². The topological polar surface area (TPSA) is 32.8 Å². The molecule has 0 saturated carbocycles. The maximum atomic E-state index is 3.52. The fraction of sp³-hybridized carbons (Fsp3) is 0.368. The van der Waals surface area contributed by atoms with Gasteiger partial charge in [-0.05, 0) is 43.7 Å². The lowest BCUT2D eigenvalue weighted by Crippen LogP contribution is -2.24. The highest BCUT2D eigenvalue weighted by atomic mass is 15.0. The molecule has 0 unspecified atom stereocenters. The van der Waals surface area contributed by atoms with Crippen molar-refractivity contribution >= 4 is 10.9 Å². The number of hydrogen-bond donors (Lipinski definition) is 2. The minimum absolute atomic E-state index is 1.00. The molecule has 1 aromatic carbocycles. The molecule has 0 spiro atoms. The monoisotopic (exact) mass is 293 g/mol. The molecule has 2 aromatic heterocycles. The molecule has 3 heteroatoms. The van der Waals surface area contributed by atoms with Gasteiger partial charge in [-0.3, -0.25) is 0 Å². The summed E-state index contributed by atoms with van der Waals surface area (Å²) < 4.78 is 2.54. The smallest absolute Gasteiger partial charge is 0.0486 e. The number of aromatic nitrogens is 2. The zero-order valence-electron chi connectivity index (χ0n) is 13.4. The van der Waals surface area contributed by atoms with Gasteiger partial charge in [-0.25, -0.2) is 0 Å². The number of benzene rings is 1. The molecule has 0 atom stereocenters. The first-order valence-corrected chi connectivity index (χ1v) is 8.18. The van der Waals surface area contributed by atoms with Crippen LogP contribution in [0.25, 0.3) is 10.9 Å². The standard InChI is InChI=1S/C19H23N3/c1-13-3-6-18-16(11-13)17-12-20-9-7-19(17)22(18)10-8-15-5-4-14(2)21-15/h3-6,11,20-21H,7-10,12H2,1-2H3. The molecule has 114 valence electrons. The molecule has 0 bridgehead atoms. The van der Waals surface area contributed by atoms with Crippen LogP contribution in [0.4, 0.5) is 0 Å². The Kier molecular flexibility index (Phi) is 3.30. The highest BCUT2D eigenvalue weighted by Crippen LogP contribution is 2.29. The number of fused-ring (bicyclic) bond motifs is 3. The van der Waals surface area contributed by atoms with Gasteiger partial charge in [0.2, 0.25) is 0 Å². The van der Waals surface area contributed by atoms with E-state index in [0.717, 1.165) is 32.5 Å². The van der Waals surface area contributed by atoms with Gasteiger partial charge in [0.25, 0.3) is 0 Å². The van der Waals surface area contributed by atoms with Crippen molar-refractivity contribution in [2.24, 2.45) is 0 Å². The number of aromatic amines is 1. The Morgan fingerprint density at radius 2 is 2.05 bits per heavy atom. The lowest BCUT2D eigenvalue weighted by molar-refractivity contribution is 0.593. The Morgan fingerprint density at radius 1 is 1.14 bits per heavy atom. The van der Waals surface area contributed by atoms with E-state index in [9.17, 15) is 0 Å². The third kappa shape index (κ3) is 2.26. The van der Waals surface area contributed by atoms with Crippen molar-refractivity contribution in [3.05, 3.63) is 58.5 Å². The van der Waals surface area contributed by atoms with Crippen LogP contribution in [0.2, 0.25) is 0 Å². The third-order valence-corrected chi connectivity index (χ3v) is 4.78. The summed E-state index contributed by atoms with van der Waals surface area (Å²) in [5, 5.41) is 4.96. The Hall–Kier alpha value is -2.00. The first kappa shape index (κ1) is 13.6. The molecule has 3 heterocycles. The van der Waals surface area contributed by atoms with Gasteiger partial charge in [0, 0.05) is 60.5 Å². The van der Waals surface area contributed by atoms with Gasteiger partial charge < -0.3 is 14.9 Å². The SMILES string of the molecule is Cc1ccc2c(c1)c1c(n2CCc2ccc(C)[nH]2)CCNC1. The van der Waals surface area contributed by atoms with Gasteiger partial charge in [-0.1, -0.05) is 11.6 Å². The molecule has 0 amide bonds. The molecular weight excluding hydrogens is 270 g/mol. The van der Waals surface area contributed by atoms with Crippen molar-refractivity contribution in [2.45, 2.75) is 39.8 Å². The zero-order valence-corrected chi connectivity index (χ0v) is 13.4. The second-order valence-electron chi connectivity index (χ2n) is 6.44. The lowest BCUT2D eigenvalue weighted by Gasteiger charge is -2.17. The van der Waals surface area contributed by atoms with Crippen LogP contribution in [0, 0.1) is 13.8 Å². The lowest BCUT2D eigenvalue weighted by atomic mass is 10.0. The van der Waals surface area contributed by atoms with Crippen LogP contribution in [-0.2, 0) is 25.9 Å². The van der Waals surface area contributed by atoms with Crippen molar-refractivity contribution in [1.82, 2.24) is 14.9 Å². The largest absolute Gasteiger partial charge is 0.362 e. The molecule has 3 aromatic rings. The number of nitrogens with one attached hydrogen (secondary N) is 2. The number of H-pyrrole nitrogens is 1. The van der Waals surface area contributed by atoms with E-state index in [2.05, 4.69) is 59.0 Å². The van der Waals surface area contributed by atoms with E-state index >= 15 is 0 Å². The number of hydrogen-bond acceptors (Lipinski definition) is 1. The van der Waals surface area contributed by atoms with Gasteiger partial charge in [0.15, 0.2) is 0 Å². The second-order valence-corrected chi connectivity index (χ2v) is 6.44. The Morgan fingerprint density at radius 3 is 2.86 bits per heavy atom. The summed E-state index contributed by atoms with van der Waals surface area (Å²) in [6.07, 6.45) is 2.19. The average Bonchev–Trinajstić information content (AvgIpc) is 3.07. The van der Waals surface area contributed by atoms with Crippen LogP contribution in [0.1, 0.15) is 28.2 Å². The molecule has 0 aliphatic carbocycles. The van der Waals surface area contributed by atoms with E-state index in [1.54, 1.807) is 0 Å². The highest BCUT2D eigenvalue weighted by molar-refractivity contribution is 5.86. The second kappa shape index (κ2) is 5.33. The van der Waals surface area contributed by atoms with Crippen molar-refractivity contribution in [3.63, 3.8) is 0 Å². The molecule has 2 N–H and O–H groups in total. The fourth-order valence-electron chi connectivity index (χ4n) is 3.69. The minimum atomic E-state index is 1.00. The minimum Gasteiger partial charge on any atom is -0.362 e. The normalized spacial score (nSPS) is 14.5. The van der Waals surface area contributed by atoms with Crippen LogP contribution in [0.15, 0.2) is 30.3 Å². The van der Waals surface area contributed by atoms with E-state index in [0.29, 0.717) is 0 Å². The summed E-state index contributed by atoms with van der Waals surface area (Å²) in [5.74, 6) is 0. The van der Waals surface area contributed by atoms with Crippen LogP contribution in [-0.4, -0.2) is 16.1 Å². The molecule has 22 heavy (non-hydrogen) atoms. The van der Waals surface area contributed by atoms with E-state index in [1.807, 2.05) is 0 Å². The number of nitrogens with zero attached hydrogens (tertiary/aromatic N) is 1. The number of rotatable bonds is 3. The molecule has 0 saturated heterocycles. The van der Waals surface area contributed by atoms with Gasteiger partial charge in [0.1, 0.15) is 0 Å². The fourth-order valence-corrected chi connectivity index (χ4v) is 3.69. The van der Waals surface area contributed by atoms with Crippen molar-refractivity contribution in [3.8, 4) is 0 Å². The molecular formula is C19H23N3. The number of aryl methyl sites for hydroxylation is 4. The summed E-state index contributed by atoms with van der Waals surface area (Å²) in [4.78, 5) is 3.45. The maximum Gasteiger partial charge on any atom is 0.0486 e. The van der Waals surface area contributed by atoms with Crippen LogP contribution < -0.4 is 5.32 Å². The van der Waals surface area contributed by atoms with E-state index in [-0.39, 0.29) is 0 Å². The summed E-state index contributed by atoms with van der Waals surface area (Å²) in [5.41, 5.74) is 8.35. The maximum absolute atomic E-state index is 3.52. The molecule has 1 aliphatic heterocycles. The highest BCUT2D eigenvalue weighted by Gasteiger charge is 2.19. The summed E-state index contributed by atoms with van der Waals surface area (Å²) in [6.45, 7) is 7.44. The third-order valence-electron chi connectivity index (χ3n) is 4.78. The molecule has 0 fully saturated rings. The van der Waals surface area contributed by atoms with Crippen LogP contribution >= 0.6 is 0 Å². The van der Waals surface area contributed by atoms with Crippen LogP contribution in [0.3, 0.4) is 0 Å². The van der Waals surface area contributed by atoms with E-state index < -0.39 is 0 Å². The van der Waals surface area contributed by atoms with Crippen molar-refractivity contribution in [1.29, 1.82) is 0 Å². The quantitative estimate of drug-likeness (QED) is 0.761. The first-order valence-electron chi connectivity index (χ1n) is 8.18. The summed E-state index contributed by atoms with van der Waals surface area (Å²) >= 11 is 0. The predicted molar refractivity (Wildman–Crippen MR) is 91.3 cm³/mol. The van der Waals surface area contributed by atoms with Crippen molar-refractivity contribution in [2.75, 3.05) is 6.54 Å². The predicted octanol–water partition coefficient (Wildman–Crippen LogP) is 3.47. The van der Waals surface area contributed by atoms with Gasteiger partial charge >= 0.3 is 0 Å². The molecule has 1 aliphatic rings. The molecule has 0 radical (unpaired) electrons. The molecule has 3 nitrogen and oxygen atoms in total. The van der Waals surface area contributed by atoms with Crippen molar-refractivity contribution < 1.29 is 0 Å². The first-order chi connectivity index (χ1) is 10.7. The summed E-state index contributed by atoms with van der Waals surface area (Å²) in [6, 6.07) is 11.2. The van der Waals surface area contributed by atoms with E-state index in [4.69, 9.17) is 0 Å². The zero-order chi connectivity index (χ0) is 15.1. The average molecular weight is 293 g/mol. The van der Waals surface area contributed by atoms with E-state index in [1.165, 1.54) is 39.1 Å². The van der Waals surface area contributed by atoms with Gasteiger partial charge in [0.05, 0.1) is 0 Å². The van der Waals surface area contributed by atoms with Crippen LogP contribution in [0.5, 0.6) is 0 Å².